The van der Waals surface area contributed by atoms with Crippen molar-refractivity contribution < 1.29 is 9.53 Å². The van der Waals surface area contributed by atoms with Gasteiger partial charge in [-0.05, 0) is 17.7 Å². The van der Waals surface area contributed by atoms with Crippen molar-refractivity contribution in [3.63, 3.8) is 0 Å². The number of nitriles is 1. The highest BCUT2D eigenvalue weighted by atomic mass is 16.5. The Morgan fingerprint density at radius 3 is 2.93 bits per heavy atom. The van der Waals surface area contributed by atoms with Crippen LogP contribution < -0.4 is 10.5 Å². The minimum atomic E-state index is -0.689. The number of esters is 1. The van der Waals surface area contributed by atoms with E-state index in [9.17, 15) is 4.79 Å². The molecule has 0 radical (unpaired) electrons. The van der Waals surface area contributed by atoms with Crippen LogP contribution in [0.25, 0.3) is 0 Å². The largest absolute Gasteiger partial charge is 0.427 e. The van der Waals surface area contributed by atoms with Crippen LogP contribution in [0.1, 0.15) is 18.5 Å². The molecule has 72 valence electrons. The Kier molecular flexibility index (Phi) is 3.21. The van der Waals surface area contributed by atoms with Gasteiger partial charge in [-0.15, -0.1) is 0 Å². The van der Waals surface area contributed by atoms with Gasteiger partial charge in [0.15, 0.2) is 0 Å². The Balaban J connectivity index is 2.90. The van der Waals surface area contributed by atoms with Gasteiger partial charge in [-0.2, -0.15) is 5.26 Å². The number of nitrogens with zero attached hydrogens (tertiary/aromatic N) is 1. The van der Waals surface area contributed by atoms with Gasteiger partial charge >= 0.3 is 5.97 Å². The molecule has 1 aromatic carbocycles. The van der Waals surface area contributed by atoms with Crippen molar-refractivity contribution in [3.05, 3.63) is 29.8 Å². The summed E-state index contributed by atoms with van der Waals surface area (Å²) in [6.07, 6.45) is 0. The molecule has 0 heterocycles. The minimum absolute atomic E-state index is 0.396. The lowest BCUT2D eigenvalue weighted by molar-refractivity contribution is -0.131. The summed E-state index contributed by atoms with van der Waals surface area (Å²) in [6.45, 7) is 1.32. The summed E-state index contributed by atoms with van der Waals surface area (Å²) in [5.41, 5.74) is 6.12. The second-order valence-electron chi connectivity index (χ2n) is 2.77. The number of rotatable bonds is 2. The number of ether oxygens (including phenoxy) is 1. The number of nitrogens with two attached hydrogens (primary N) is 1. The average Bonchev–Trinajstić information content (AvgIpc) is 2.16. The van der Waals surface area contributed by atoms with Crippen molar-refractivity contribution in [3.8, 4) is 11.8 Å². The fourth-order valence-corrected chi connectivity index (χ4v) is 1.01. The first-order valence-corrected chi connectivity index (χ1v) is 4.07. The zero-order chi connectivity index (χ0) is 10.6. The van der Waals surface area contributed by atoms with Gasteiger partial charge in [0.05, 0.1) is 6.07 Å². The maximum absolute atomic E-state index is 10.6. The maximum atomic E-state index is 10.6. The van der Waals surface area contributed by atoms with Crippen LogP contribution in [0.15, 0.2) is 24.3 Å². The van der Waals surface area contributed by atoms with Crippen molar-refractivity contribution in [1.82, 2.24) is 0 Å². The Bertz CT molecular complexity index is 382. The highest BCUT2D eigenvalue weighted by Gasteiger charge is 2.05. The van der Waals surface area contributed by atoms with Gasteiger partial charge in [0.1, 0.15) is 11.8 Å². The molecule has 14 heavy (non-hydrogen) atoms. The smallest absolute Gasteiger partial charge is 0.308 e. The van der Waals surface area contributed by atoms with Gasteiger partial charge in [-0.1, -0.05) is 12.1 Å². The summed E-state index contributed by atoms with van der Waals surface area (Å²) in [7, 11) is 0. The lowest BCUT2D eigenvalue weighted by atomic mass is 10.1. The lowest BCUT2D eigenvalue weighted by Crippen LogP contribution is -2.08. The van der Waals surface area contributed by atoms with E-state index in [-0.39, 0.29) is 0 Å². The van der Waals surface area contributed by atoms with Crippen LogP contribution in [0.2, 0.25) is 0 Å². The predicted molar refractivity (Wildman–Crippen MR) is 50.3 cm³/mol. The second-order valence-corrected chi connectivity index (χ2v) is 2.77. The molecule has 2 N–H and O–H groups in total. The van der Waals surface area contributed by atoms with E-state index in [1.807, 2.05) is 6.07 Å². The van der Waals surface area contributed by atoms with E-state index < -0.39 is 12.0 Å². The maximum Gasteiger partial charge on any atom is 0.308 e. The number of benzene rings is 1. The third-order valence-corrected chi connectivity index (χ3v) is 1.62. The SMILES string of the molecule is CC(=O)Oc1cccc([C@@H](N)C#N)c1. The van der Waals surface area contributed by atoms with Crippen molar-refractivity contribution >= 4 is 5.97 Å². The first kappa shape index (κ1) is 10.2. The van der Waals surface area contributed by atoms with E-state index in [2.05, 4.69) is 0 Å². The van der Waals surface area contributed by atoms with Gasteiger partial charge in [-0.3, -0.25) is 4.79 Å². The lowest BCUT2D eigenvalue weighted by Gasteiger charge is -2.05. The molecule has 4 heteroatoms. The summed E-state index contributed by atoms with van der Waals surface area (Å²) in [4.78, 5) is 10.6. The van der Waals surface area contributed by atoms with Crippen LogP contribution in [-0.4, -0.2) is 5.97 Å². The van der Waals surface area contributed by atoms with Crippen LogP contribution in [-0.2, 0) is 4.79 Å². The second kappa shape index (κ2) is 4.40. The number of carbonyl (C=O) groups excluding carboxylic acids is 1. The van der Waals surface area contributed by atoms with Gasteiger partial charge in [0.2, 0.25) is 0 Å². The van der Waals surface area contributed by atoms with Crippen LogP contribution in [0.3, 0.4) is 0 Å². The Hall–Kier alpha value is -1.86. The Morgan fingerprint density at radius 2 is 2.36 bits per heavy atom. The fraction of sp³-hybridized carbons (Fsp3) is 0.200. The average molecular weight is 190 g/mol. The van der Waals surface area contributed by atoms with Crippen molar-refractivity contribution in [2.75, 3.05) is 0 Å². The van der Waals surface area contributed by atoms with Gasteiger partial charge in [-0.25, -0.2) is 0 Å². The molecule has 0 fully saturated rings. The monoisotopic (exact) mass is 190 g/mol. The Morgan fingerprint density at radius 1 is 1.64 bits per heavy atom. The summed E-state index contributed by atoms with van der Waals surface area (Å²) >= 11 is 0. The van der Waals surface area contributed by atoms with Crippen molar-refractivity contribution in [1.29, 1.82) is 5.26 Å². The topological polar surface area (TPSA) is 76.1 Å². The van der Waals surface area contributed by atoms with Crippen molar-refractivity contribution in [2.45, 2.75) is 13.0 Å². The normalized spacial score (nSPS) is 11.5. The number of hydrogen-bond donors (Lipinski definition) is 1. The third kappa shape index (κ3) is 2.57. The quantitative estimate of drug-likeness (QED) is 0.560. The summed E-state index contributed by atoms with van der Waals surface area (Å²) in [5, 5.41) is 8.58. The zero-order valence-electron chi connectivity index (χ0n) is 7.73. The molecule has 0 unspecified atom stereocenters. The molecule has 0 saturated carbocycles. The van der Waals surface area contributed by atoms with E-state index in [1.165, 1.54) is 6.92 Å². The van der Waals surface area contributed by atoms with Crippen LogP contribution >= 0.6 is 0 Å². The molecule has 1 rings (SSSR count). The van der Waals surface area contributed by atoms with E-state index >= 15 is 0 Å². The molecule has 0 amide bonds. The third-order valence-electron chi connectivity index (χ3n) is 1.62. The summed E-state index contributed by atoms with van der Waals surface area (Å²) in [6, 6.07) is 7.82. The van der Waals surface area contributed by atoms with E-state index in [0.717, 1.165) is 0 Å². The molecule has 0 saturated heterocycles. The minimum Gasteiger partial charge on any atom is -0.427 e. The first-order valence-electron chi connectivity index (χ1n) is 4.07. The van der Waals surface area contributed by atoms with Gasteiger partial charge < -0.3 is 10.5 Å². The first-order chi connectivity index (χ1) is 6.63. The molecule has 0 aliphatic heterocycles. The molecule has 0 spiro atoms. The number of carbonyl (C=O) groups is 1. The molecule has 4 nitrogen and oxygen atoms in total. The Labute approximate surface area is 81.9 Å². The molecule has 0 aliphatic carbocycles. The van der Waals surface area contributed by atoms with Crippen LogP contribution in [0.5, 0.6) is 5.75 Å². The van der Waals surface area contributed by atoms with Crippen LogP contribution in [0, 0.1) is 11.3 Å². The molecule has 0 bridgehead atoms. The highest BCUT2D eigenvalue weighted by Crippen LogP contribution is 2.17. The van der Waals surface area contributed by atoms with Crippen LogP contribution in [0.4, 0.5) is 0 Å². The molecule has 1 atom stereocenters. The van der Waals surface area contributed by atoms with Gasteiger partial charge in [0.25, 0.3) is 0 Å². The van der Waals surface area contributed by atoms with Gasteiger partial charge in [0, 0.05) is 6.92 Å². The fourth-order valence-electron chi connectivity index (χ4n) is 1.01. The molecule has 0 aromatic heterocycles. The summed E-state index contributed by atoms with van der Waals surface area (Å²) < 4.78 is 4.85. The summed E-state index contributed by atoms with van der Waals surface area (Å²) in [5.74, 6) is 0.00776. The standard InChI is InChI=1S/C10H10N2O2/c1-7(13)14-9-4-2-3-8(5-9)10(12)6-11/h2-5,10H,12H2,1H3/t10-/m0/s1. The molecule has 0 aliphatic rings. The number of hydrogen-bond acceptors (Lipinski definition) is 4. The zero-order valence-corrected chi connectivity index (χ0v) is 7.73. The molecule has 1 aromatic rings. The van der Waals surface area contributed by atoms with E-state index in [1.54, 1.807) is 24.3 Å². The molecular formula is C10H10N2O2. The van der Waals surface area contributed by atoms with Crippen molar-refractivity contribution in [2.24, 2.45) is 5.73 Å². The van der Waals surface area contributed by atoms with E-state index in [4.69, 9.17) is 15.7 Å². The predicted octanol–water partition coefficient (Wildman–Crippen LogP) is 1.14. The molecular weight excluding hydrogens is 180 g/mol. The van der Waals surface area contributed by atoms with E-state index in [0.29, 0.717) is 11.3 Å². The highest BCUT2D eigenvalue weighted by molar-refractivity contribution is 5.69.